The molecule has 0 radical (unpaired) electrons. The summed E-state index contributed by atoms with van der Waals surface area (Å²) in [5.41, 5.74) is 1.54. The summed E-state index contributed by atoms with van der Waals surface area (Å²) in [5.74, 6) is 0.0679. The fraction of sp³-hybridized carbons (Fsp3) is 0.263. The van der Waals surface area contributed by atoms with E-state index < -0.39 is 0 Å². The average molecular weight is 377 g/mol. The predicted octanol–water partition coefficient (Wildman–Crippen LogP) is 3.89. The molecular formula is C19H21ClN2O2S. The first-order valence-electron chi connectivity index (χ1n) is 7.99. The molecule has 2 N–H and O–H groups in total. The van der Waals surface area contributed by atoms with Gasteiger partial charge in [-0.1, -0.05) is 35.9 Å². The average Bonchev–Trinajstić information content (AvgIpc) is 2.59. The minimum Gasteiger partial charge on any atom is -0.353 e. The van der Waals surface area contributed by atoms with Crippen molar-refractivity contribution in [3.8, 4) is 0 Å². The molecular weight excluding hydrogens is 356 g/mol. The topological polar surface area (TPSA) is 58.2 Å². The normalized spacial score (nSPS) is 10.6. The maximum absolute atomic E-state index is 12.5. The van der Waals surface area contributed by atoms with Crippen molar-refractivity contribution >= 4 is 35.2 Å². The van der Waals surface area contributed by atoms with Crippen molar-refractivity contribution in [3.05, 3.63) is 64.7 Å². The number of hydrogen-bond donors (Lipinski definition) is 2. The minimum atomic E-state index is -0.165. The number of carbonyl (C=O) groups is 2. The van der Waals surface area contributed by atoms with E-state index in [4.69, 9.17) is 11.6 Å². The summed E-state index contributed by atoms with van der Waals surface area (Å²) in [6.07, 6.45) is 0. The van der Waals surface area contributed by atoms with Crippen molar-refractivity contribution in [1.82, 2.24) is 10.6 Å². The van der Waals surface area contributed by atoms with Gasteiger partial charge in [0.15, 0.2) is 0 Å². The fourth-order valence-corrected chi connectivity index (χ4v) is 3.15. The molecule has 0 saturated carbocycles. The van der Waals surface area contributed by atoms with Gasteiger partial charge in [0.25, 0.3) is 5.91 Å². The van der Waals surface area contributed by atoms with Gasteiger partial charge in [-0.3, -0.25) is 9.59 Å². The Morgan fingerprint density at radius 1 is 1.08 bits per heavy atom. The van der Waals surface area contributed by atoms with Crippen LogP contribution in [0.4, 0.5) is 0 Å². The third-order valence-corrected chi connectivity index (χ3v) is 4.63. The van der Waals surface area contributed by atoms with Crippen molar-refractivity contribution in [2.45, 2.75) is 31.3 Å². The molecule has 0 aliphatic heterocycles. The van der Waals surface area contributed by atoms with Gasteiger partial charge in [-0.2, -0.15) is 0 Å². The van der Waals surface area contributed by atoms with Crippen LogP contribution < -0.4 is 10.6 Å². The van der Waals surface area contributed by atoms with Crippen LogP contribution in [0.1, 0.15) is 29.8 Å². The van der Waals surface area contributed by atoms with Gasteiger partial charge in [0.05, 0.1) is 11.3 Å². The van der Waals surface area contributed by atoms with Gasteiger partial charge < -0.3 is 10.6 Å². The molecule has 2 aromatic rings. The molecule has 0 aromatic heterocycles. The molecule has 25 heavy (non-hydrogen) atoms. The van der Waals surface area contributed by atoms with Crippen LogP contribution in [0.3, 0.4) is 0 Å². The van der Waals surface area contributed by atoms with Gasteiger partial charge in [0.2, 0.25) is 5.91 Å². The zero-order chi connectivity index (χ0) is 18.2. The van der Waals surface area contributed by atoms with E-state index in [1.54, 1.807) is 18.2 Å². The molecule has 0 aliphatic rings. The monoisotopic (exact) mass is 376 g/mol. The number of nitrogens with one attached hydrogen (secondary N) is 2. The Hall–Kier alpha value is -1.98. The molecule has 0 unspecified atom stereocenters. The predicted molar refractivity (Wildman–Crippen MR) is 103 cm³/mol. The molecule has 0 spiro atoms. The van der Waals surface area contributed by atoms with Crippen LogP contribution in [0.15, 0.2) is 53.4 Å². The zero-order valence-corrected chi connectivity index (χ0v) is 15.8. The molecule has 6 heteroatoms. The third kappa shape index (κ3) is 6.44. The van der Waals surface area contributed by atoms with E-state index in [9.17, 15) is 9.59 Å². The van der Waals surface area contributed by atoms with Crippen LogP contribution in [0, 0.1) is 0 Å². The van der Waals surface area contributed by atoms with Gasteiger partial charge in [-0.25, -0.2) is 0 Å². The number of carbonyl (C=O) groups excluding carboxylic acids is 2. The summed E-state index contributed by atoms with van der Waals surface area (Å²) in [5, 5.41) is 6.40. The van der Waals surface area contributed by atoms with Gasteiger partial charge >= 0.3 is 0 Å². The Labute approximate surface area is 157 Å². The number of amides is 2. The second-order valence-corrected chi connectivity index (χ2v) is 7.27. The summed E-state index contributed by atoms with van der Waals surface area (Å²) in [4.78, 5) is 25.1. The highest BCUT2D eigenvalue weighted by Gasteiger charge is 2.13. The number of benzene rings is 2. The summed E-state index contributed by atoms with van der Waals surface area (Å²) in [6.45, 7) is 4.25. The minimum absolute atomic E-state index is 0.0450. The lowest BCUT2D eigenvalue weighted by Gasteiger charge is -2.11. The standard InChI is InChI=1S/C19H21ClN2O2S/c1-13(2)22-18(23)12-25-17-6-4-3-5-16(17)19(24)21-11-14-7-9-15(20)10-8-14/h3-10,13H,11-12H2,1-2H3,(H,21,24)(H,22,23). The summed E-state index contributed by atoms with van der Waals surface area (Å²) in [7, 11) is 0. The highest BCUT2D eigenvalue weighted by atomic mass is 35.5. The second-order valence-electron chi connectivity index (χ2n) is 5.82. The van der Waals surface area contributed by atoms with Crippen molar-refractivity contribution < 1.29 is 9.59 Å². The Morgan fingerprint density at radius 3 is 2.44 bits per heavy atom. The van der Waals surface area contributed by atoms with Gasteiger partial charge in [-0.15, -0.1) is 11.8 Å². The molecule has 2 rings (SSSR count). The molecule has 0 atom stereocenters. The molecule has 0 saturated heterocycles. The maximum Gasteiger partial charge on any atom is 0.252 e. The van der Waals surface area contributed by atoms with Crippen LogP contribution in [-0.2, 0) is 11.3 Å². The molecule has 0 fully saturated rings. The second kappa shape index (κ2) is 9.49. The van der Waals surface area contributed by atoms with Gasteiger partial charge in [0.1, 0.15) is 0 Å². The number of halogens is 1. The molecule has 2 aromatic carbocycles. The smallest absolute Gasteiger partial charge is 0.252 e. The first kappa shape index (κ1) is 19.3. The molecule has 2 amide bonds. The Kier molecular flexibility index (Phi) is 7.34. The first-order chi connectivity index (χ1) is 12.0. The quantitative estimate of drug-likeness (QED) is 0.721. The highest BCUT2D eigenvalue weighted by Crippen LogP contribution is 2.22. The number of thioether (sulfide) groups is 1. The Balaban J connectivity index is 1.97. The van der Waals surface area contributed by atoms with E-state index in [1.807, 2.05) is 44.2 Å². The maximum atomic E-state index is 12.5. The van der Waals surface area contributed by atoms with Crippen LogP contribution in [0.2, 0.25) is 5.02 Å². The van der Waals surface area contributed by atoms with Crippen molar-refractivity contribution in [2.75, 3.05) is 5.75 Å². The molecule has 0 heterocycles. The van der Waals surface area contributed by atoms with E-state index in [0.717, 1.165) is 10.5 Å². The van der Waals surface area contributed by atoms with Crippen molar-refractivity contribution in [2.24, 2.45) is 0 Å². The van der Waals surface area contributed by atoms with Crippen LogP contribution >= 0.6 is 23.4 Å². The number of rotatable bonds is 7. The number of hydrogen-bond acceptors (Lipinski definition) is 3. The SMILES string of the molecule is CC(C)NC(=O)CSc1ccccc1C(=O)NCc1ccc(Cl)cc1. The van der Waals surface area contributed by atoms with E-state index in [2.05, 4.69) is 10.6 Å². The van der Waals surface area contributed by atoms with Crippen LogP contribution in [0.25, 0.3) is 0 Å². The lowest BCUT2D eigenvalue weighted by molar-refractivity contribution is -0.119. The molecule has 132 valence electrons. The fourth-order valence-electron chi connectivity index (χ4n) is 2.17. The first-order valence-corrected chi connectivity index (χ1v) is 9.36. The zero-order valence-electron chi connectivity index (χ0n) is 14.2. The Bertz CT molecular complexity index is 732. The van der Waals surface area contributed by atoms with E-state index in [1.165, 1.54) is 11.8 Å². The lowest BCUT2D eigenvalue weighted by atomic mass is 10.2. The van der Waals surface area contributed by atoms with Crippen LogP contribution in [0.5, 0.6) is 0 Å². The largest absolute Gasteiger partial charge is 0.353 e. The van der Waals surface area contributed by atoms with E-state index in [-0.39, 0.29) is 23.6 Å². The van der Waals surface area contributed by atoms with E-state index >= 15 is 0 Å². The van der Waals surface area contributed by atoms with Crippen molar-refractivity contribution in [1.29, 1.82) is 0 Å². The summed E-state index contributed by atoms with van der Waals surface area (Å²) >= 11 is 7.22. The summed E-state index contributed by atoms with van der Waals surface area (Å²) < 4.78 is 0. The van der Waals surface area contributed by atoms with Crippen molar-refractivity contribution in [3.63, 3.8) is 0 Å². The van der Waals surface area contributed by atoms with Gasteiger partial charge in [-0.05, 0) is 43.7 Å². The Morgan fingerprint density at radius 2 is 1.76 bits per heavy atom. The van der Waals surface area contributed by atoms with Crippen LogP contribution in [-0.4, -0.2) is 23.6 Å². The molecule has 0 aliphatic carbocycles. The van der Waals surface area contributed by atoms with Gasteiger partial charge in [0, 0.05) is 22.5 Å². The van der Waals surface area contributed by atoms with E-state index in [0.29, 0.717) is 17.1 Å². The summed E-state index contributed by atoms with van der Waals surface area (Å²) in [6, 6.07) is 14.7. The molecule has 0 bridgehead atoms. The molecule has 4 nitrogen and oxygen atoms in total. The third-order valence-electron chi connectivity index (χ3n) is 3.31. The highest BCUT2D eigenvalue weighted by molar-refractivity contribution is 8.00. The lowest BCUT2D eigenvalue weighted by Crippen LogP contribution is -2.31.